The number of carbonyl (C=O) groups excluding carboxylic acids is 3. The van der Waals surface area contributed by atoms with Gasteiger partial charge in [0.1, 0.15) is 0 Å². The van der Waals surface area contributed by atoms with Crippen molar-refractivity contribution in [2.75, 3.05) is 5.32 Å². The molecule has 0 heterocycles. The number of benzene rings is 3. The van der Waals surface area contributed by atoms with E-state index in [0.29, 0.717) is 22.4 Å². The van der Waals surface area contributed by atoms with Crippen LogP contribution in [0.15, 0.2) is 77.3 Å². The lowest BCUT2D eigenvalue weighted by molar-refractivity contribution is 0.0846. The van der Waals surface area contributed by atoms with Gasteiger partial charge in [-0.3, -0.25) is 25.2 Å². The molecule has 3 aromatic carbocycles. The van der Waals surface area contributed by atoms with Gasteiger partial charge in [0.2, 0.25) is 0 Å². The maximum Gasteiger partial charge on any atom is 0.269 e. The summed E-state index contributed by atoms with van der Waals surface area (Å²) < 4.78 is 0.763. The van der Waals surface area contributed by atoms with Crippen LogP contribution in [-0.4, -0.2) is 17.7 Å². The minimum Gasteiger partial charge on any atom is -0.322 e. The number of hydrogen-bond donors (Lipinski definition) is 3. The Morgan fingerprint density at radius 1 is 0.688 bits per heavy atom. The van der Waals surface area contributed by atoms with Crippen LogP contribution in [0.1, 0.15) is 57.4 Å². The van der Waals surface area contributed by atoms with Crippen molar-refractivity contribution in [3.05, 3.63) is 99.5 Å². The van der Waals surface area contributed by atoms with Gasteiger partial charge in [0, 0.05) is 26.9 Å². The first-order valence-corrected chi connectivity index (χ1v) is 10.8. The summed E-state index contributed by atoms with van der Waals surface area (Å²) in [5.41, 5.74) is 7.79. The van der Waals surface area contributed by atoms with E-state index in [0.717, 1.165) is 10.0 Å². The van der Waals surface area contributed by atoms with Gasteiger partial charge in [-0.1, -0.05) is 54.9 Å². The number of anilines is 1. The molecule has 0 atom stereocenters. The maximum atomic E-state index is 12.5. The summed E-state index contributed by atoms with van der Waals surface area (Å²) in [7, 11) is 0. The van der Waals surface area contributed by atoms with Gasteiger partial charge in [0.15, 0.2) is 0 Å². The highest BCUT2D eigenvalue weighted by molar-refractivity contribution is 9.10. The Hall–Kier alpha value is -3.45. The number of rotatable bonds is 4. The Morgan fingerprint density at radius 3 is 1.78 bits per heavy atom. The molecule has 0 unspecified atom stereocenters. The second kappa shape index (κ2) is 9.78. The van der Waals surface area contributed by atoms with Crippen molar-refractivity contribution in [1.82, 2.24) is 10.9 Å². The van der Waals surface area contributed by atoms with Gasteiger partial charge in [-0.25, -0.2) is 0 Å². The van der Waals surface area contributed by atoms with E-state index in [2.05, 4.69) is 52.9 Å². The summed E-state index contributed by atoms with van der Waals surface area (Å²) in [5, 5.41) is 2.81. The maximum absolute atomic E-state index is 12.5. The summed E-state index contributed by atoms with van der Waals surface area (Å²) in [6.45, 7) is 6.35. The topological polar surface area (TPSA) is 87.3 Å². The lowest BCUT2D eigenvalue weighted by Gasteiger charge is -2.19. The molecule has 6 nitrogen and oxygen atoms in total. The first-order valence-electron chi connectivity index (χ1n) is 10.0. The molecule has 3 amide bonds. The highest BCUT2D eigenvalue weighted by atomic mass is 79.9. The number of hydrogen-bond acceptors (Lipinski definition) is 3. The Balaban J connectivity index is 1.56. The summed E-state index contributed by atoms with van der Waals surface area (Å²) in [5.74, 6) is -1.13. The second-order valence-corrected chi connectivity index (χ2v) is 9.19. The van der Waals surface area contributed by atoms with E-state index in [-0.39, 0.29) is 11.3 Å². The zero-order valence-electron chi connectivity index (χ0n) is 18.0. The van der Waals surface area contributed by atoms with Gasteiger partial charge in [-0.05, 0) is 65.6 Å². The van der Waals surface area contributed by atoms with E-state index < -0.39 is 11.8 Å². The average Bonchev–Trinajstić information content (AvgIpc) is 2.77. The molecule has 0 spiro atoms. The third kappa shape index (κ3) is 6.04. The Labute approximate surface area is 195 Å². The largest absolute Gasteiger partial charge is 0.322 e. The molecular formula is C25H24BrN3O3. The SMILES string of the molecule is CC(C)(C)c1ccc(C(=O)Nc2ccc(C(=O)NNC(=O)c3cccc(Br)c3)cc2)cc1. The van der Waals surface area contributed by atoms with E-state index in [4.69, 9.17) is 0 Å². The molecule has 7 heteroatoms. The molecule has 32 heavy (non-hydrogen) atoms. The van der Waals surface area contributed by atoms with E-state index in [1.807, 2.05) is 12.1 Å². The lowest BCUT2D eigenvalue weighted by atomic mass is 9.87. The molecule has 0 radical (unpaired) electrons. The van der Waals surface area contributed by atoms with Crippen LogP contribution in [0.2, 0.25) is 0 Å². The zero-order valence-corrected chi connectivity index (χ0v) is 19.6. The van der Waals surface area contributed by atoms with Gasteiger partial charge in [0.05, 0.1) is 0 Å². The Kier molecular flexibility index (Phi) is 7.10. The predicted octanol–water partition coefficient (Wildman–Crippen LogP) is 5.07. The molecule has 0 bridgehead atoms. The normalized spacial score (nSPS) is 10.9. The van der Waals surface area contributed by atoms with Crippen LogP contribution < -0.4 is 16.2 Å². The number of amides is 3. The summed E-state index contributed by atoms with van der Waals surface area (Å²) >= 11 is 3.30. The van der Waals surface area contributed by atoms with Crippen LogP contribution in [0.3, 0.4) is 0 Å². The van der Waals surface area contributed by atoms with Crippen molar-refractivity contribution in [3.63, 3.8) is 0 Å². The van der Waals surface area contributed by atoms with Crippen LogP contribution in [0.25, 0.3) is 0 Å². The van der Waals surface area contributed by atoms with Gasteiger partial charge in [0.25, 0.3) is 17.7 Å². The molecule has 0 saturated heterocycles. The fourth-order valence-corrected chi connectivity index (χ4v) is 3.32. The molecular weight excluding hydrogens is 470 g/mol. The van der Waals surface area contributed by atoms with Crippen LogP contribution in [-0.2, 0) is 5.41 Å². The number of nitrogens with one attached hydrogen (secondary N) is 3. The van der Waals surface area contributed by atoms with Gasteiger partial charge >= 0.3 is 0 Å². The van der Waals surface area contributed by atoms with Crippen molar-refractivity contribution >= 4 is 39.3 Å². The Bertz CT molecular complexity index is 1130. The van der Waals surface area contributed by atoms with E-state index in [9.17, 15) is 14.4 Å². The molecule has 3 aromatic rings. The molecule has 3 rings (SSSR count). The van der Waals surface area contributed by atoms with Gasteiger partial charge < -0.3 is 5.32 Å². The van der Waals surface area contributed by atoms with Crippen molar-refractivity contribution < 1.29 is 14.4 Å². The van der Waals surface area contributed by atoms with Crippen LogP contribution in [0.4, 0.5) is 5.69 Å². The summed E-state index contributed by atoms with van der Waals surface area (Å²) in [6.07, 6.45) is 0. The minimum atomic E-state index is -0.469. The lowest BCUT2D eigenvalue weighted by Crippen LogP contribution is -2.41. The van der Waals surface area contributed by atoms with Crippen molar-refractivity contribution in [3.8, 4) is 0 Å². The highest BCUT2D eigenvalue weighted by Gasteiger charge is 2.15. The minimum absolute atomic E-state index is 0.0167. The summed E-state index contributed by atoms with van der Waals surface area (Å²) in [6, 6.07) is 20.7. The molecule has 0 aromatic heterocycles. The van der Waals surface area contributed by atoms with Crippen molar-refractivity contribution in [2.24, 2.45) is 0 Å². The van der Waals surface area contributed by atoms with Crippen molar-refractivity contribution in [2.45, 2.75) is 26.2 Å². The molecule has 3 N–H and O–H groups in total. The molecule has 0 aliphatic carbocycles. The number of halogens is 1. The molecule has 0 aliphatic heterocycles. The highest BCUT2D eigenvalue weighted by Crippen LogP contribution is 2.22. The average molecular weight is 494 g/mol. The van der Waals surface area contributed by atoms with Crippen LogP contribution in [0, 0.1) is 0 Å². The van der Waals surface area contributed by atoms with Crippen molar-refractivity contribution in [1.29, 1.82) is 0 Å². The first-order chi connectivity index (χ1) is 15.1. The third-order valence-electron chi connectivity index (χ3n) is 4.79. The predicted molar refractivity (Wildman–Crippen MR) is 129 cm³/mol. The molecule has 164 valence electrons. The third-order valence-corrected chi connectivity index (χ3v) is 5.29. The van der Waals surface area contributed by atoms with Gasteiger partial charge in [-0.15, -0.1) is 0 Å². The van der Waals surface area contributed by atoms with Crippen LogP contribution >= 0.6 is 15.9 Å². The molecule has 0 aliphatic rings. The second-order valence-electron chi connectivity index (χ2n) is 8.28. The van der Waals surface area contributed by atoms with E-state index in [1.165, 1.54) is 0 Å². The van der Waals surface area contributed by atoms with E-state index in [1.54, 1.807) is 60.7 Å². The Morgan fingerprint density at radius 2 is 1.22 bits per heavy atom. The fraction of sp³-hybridized carbons (Fsp3) is 0.160. The first kappa shape index (κ1) is 23.2. The standard InChI is InChI=1S/C25H24BrN3O3/c1-25(2,3)19-11-7-16(8-12-19)22(30)27-21-13-9-17(10-14-21)23(31)28-29-24(32)18-5-4-6-20(26)15-18/h4-15H,1-3H3,(H,27,30)(H,28,31)(H,29,32). The van der Waals surface area contributed by atoms with Gasteiger partial charge in [-0.2, -0.15) is 0 Å². The quantitative estimate of drug-likeness (QED) is 0.443. The zero-order chi connectivity index (χ0) is 23.3. The summed E-state index contributed by atoms with van der Waals surface area (Å²) in [4.78, 5) is 36.9. The number of hydrazine groups is 1. The van der Waals surface area contributed by atoms with Crippen LogP contribution in [0.5, 0.6) is 0 Å². The smallest absolute Gasteiger partial charge is 0.269 e. The van der Waals surface area contributed by atoms with E-state index >= 15 is 0 Å². The monoisotopic (exact) mass is 493 g/mol. The molecule has 0 saturated carbocycles. The molecule has 0 fully saturated rings. The fourth-order valence-electron chi connectivity index (χ4n) is 2.92. The number of carbonyl (C=O) groups is 3.